The molecule has 0 radical (unpaired) electrons. The van der Waals surface area contributed by atoms with E-state index in [0.29, 0.717) is 42.9 Å². The van der Waals surface area contributed by atoms with E-state index in [1.807, 2.05) is 18.2 Å². The zero-order chi connectivity index (χ0) is 14.2. The van der Waals surface area contributed by atoms with Crippen LogP contribution in [0.2, 0.25) is 0 Å². The fourth-order valence-electron chi connectivity index (χ4n) is 1.46. The molecule has 0 fully saturated rings. The zero-order valence-electron chi connectivity index (χ0n) is 11.0. The van der Waals surface area contributed by atoms with Crippen LogP contribution in [-0.4, -0.2) is 34.2 Å². The maximum absolute atomic E-state index is 5.64. The average Bonchev–Trinajstić information content (AvgIpc) is 2.95. The van der Waals surface area contributed by atoms with E-state index in [1.165, 1.54) is 0 Å². The van der Waals surface area contributed by atoms with Crippen LogP contribution in [0, 0.1) is 0 Å². The van der Waals surface area contributed by atoms with Gasteiger partial charge in [0.1, 0.15) is 5.69 Å². The monoisotopic (exact) mass is 272 g/mol. The molecule has 0 saturated heterocycles. The smallest absolute Gasteiger partial charge is 0.276 e. The van der Waals surface area contributed by atoms with E-state index < -0.39 is 0 Å². The molecule has 0 spiro atoms. The van der Waals surface area contributed by atoms with Gasteiger partial charge in [0.25, 0.3) is 5.89 Å². The molecule has 2 rings (SSSR count). The van der Waals surface area contributed by atoms with Crippen molar-refractivity contribution in [3.8, 4) is 11.6 Å². The van der Waals surface area contributed by atoms with Gasteiger partial charge in [-0.25, -0.2) is 0 Å². The number of pyridine rings is 1. The Labute approximate surface area is 116 Å². The van der Waals surface area contributed by atoms with Gasteiger partial charge in [-0.05, 0) is 12.1 Å². The van der Waals surface area contributed by atoms with Crippen molar-refractivity contribution in [3.05, 3.63) is 42.9 Å². The summed E-state index contributed by atoms with van der Waals surface area (Å²) < 4.78 is 5.14. The van der Waals surface area contributed by atoms with E-state index in [4.69, 9.17) is 10.3 Å². The highest BCUT2D eigenvalue weighted by Crippen LogP contribution is 2.13. The molecule has 3 N–H and O–H groups in total. The summed E-state index contributed by atoms with van der Waals surface area (Å²) in [5.41, 5.74) is 6.29. The van der Waals surface area contributed by atoms with Gasteiger partial charge in [-0.1, -0.05) is 17.3 Å². The van der Waals surface area contributed by atoms with Crippen molar-refractivity contribution >= 4 is 5.96 Å². The molecular formula is C13H16N6O. The Hall–Kier alpha value is -2.70. The minimum Gasteiger partial charge on any atom is -0.370 e. The summed E-state index contributed by atoms with van der Waals surface area (Å²) in [5, 5.41) is 6.76. The van der Waals surface area contributed by atoms with Crippen LogP contribution in [0.15, 0.2) is 46.6 Å². The molecule has 0 saturated carbocycles. The fraction of sp³-hybridized carbons (Fsp3) is 0.231. The summed E-state index contributed by atoms with van der Waals surface area (Å²) in [5.74, 6) is 1.35. The third-order valence-corrected chi connectivity index (χ3v) is 2.40. The molecule has 0 unspecified atom stereocenters. The first-order valence-electron chi connectivity index (χ1n) is 6.18. The van der Waals surface area contributed by atoms with Gasteiger partial charge < -0.3 is 15.6 Å². The van der Waals surface area contributed by atoms with Gasteiger partial charge in [-0.15, -0.1) is 6.58 Å². The van der Waals surface area contributed by atoms with Crippen LogP contribution >= 0.6 is 0 Å². The Balaban J connectivity index is 1.89. The summed E-state index contributed by atoms with van der Waals surface area (Å²) in [7, 11) is 0. The molecule has 0 aromatic carbocycles. The standard InChI is InChI=1S/C13H16N6O/c1-2-7-16-13(14)17-9-6-11-18-12(20-19-11)10-5-3-4-8-15-10/h2-5,8H,1,6-7,9H2,(H3,14,16,17). The maximum atomic E-state index is 5.64. The lowest BCUT2D eigenvalue weighted by molar-refractivity contribution is 0.421. The number of aliphatic imine (C=N–C) groups is 1. The van der Waals surface area contributed by atoms with Gasteiger partial charge in [0.15, 0.2) is 11.8 Å². The van der Waals surface area contributed by atoms with Crippen molar-refractivity contribution in [1.29, 1.82) is 0 Å². The minimum absolute atomic E-state index is 0.373. The van der Waals surface area contributed by atoms with Crippen LogP contribution < -0.4 is 11.1 Å². The van der Waals surface area contributed by atoms with Crippen molar-refractivity contribution in [2.45, 2.75) is 6.42 Å². The second-order valence-corrected chi connectivity index (χ2v) is 3.92. The lowest BCUT2D eigenvalue weighted by atomic mass is 10.3. The Morgan fingerprint density at radius 3 is 3.15 bits per heavy atom. The second kappa shape index (κ2) is 7.03. The largest absolute Gasteiger partial charge is 0.370 e. The van der Waals surface area contributed by atoms with Crippen molar-refractivity contribution in [2.24, 2.45) is 10.7 Å². The van der Waals surface area contributed by atoms with Crippen molar-refractivity contribution in [2.75, 3.05) is 13.1 Å². The highest BCUT2D eigenvalue weighted by molar-refractivity contribution is 5.77. The predicted molar refractivity (Wildman–Crippen MR) is 75.9 cm³/mol. The lowest BCUT2D eigenvalue weighted by Crippen LogP contribution is -2.31. The van der Waals surface area contributed by atoms with E-state index in [9.17, 15) is 0 Å². The summed E-state index contributed by atoms with van der Waals surface area (Å²) in [6.45, 7) is 4.65. The molecule has 2 aromatic rings. The van der Waals surface area contributed by atoms with Crippen molar-refractivity contribution in [3.63, 3.8) is 0 Å². The first kappa shape index (κ1) is 13.7. The highest BCUT2D eigenvalue weighted by Gasteiger charge is 2.08. The SMILES string of the molecule is C=CCNC(N)=NCCc1noc(-c2ccccn2)n1. The van der Waals surface area contributed by atoms with Crippen LogP contribution in [0.5, 0.6) is 0 Å². The molecule has 2 aromatic heterocycles. The highest BCUT2D eigenvalue weighted by atomic mass is 16.5. The molecule has 0 aliphatic heterocycles. The van der Waals surface area contributed by atoms with Crippen LogP contribution in [-0.2, 0) is 6.42 Å². The molecule has 104 valence electrons. The maximum Gasteiger partial charge on any atom is 0.276 e. The first-order valence-corrected chi connectivity index (χ1v) is 6.18. The van der Waals surface area contributed by atoms with Gasteiger partial charge in [0.05, 0.1) is 0 Å². The third-order valence-electron chi connectivity index (χ3n) is 2.40. The quantitative estimate of drug-likeness (QED) is 0.457. The van der Waals surface area contributed by atoms with Gasteiger partial charge in [-0.3, -0.25) is 9.98 Å². The Kier molecular flexibility index (Phi) is 4.82. The van der Waals surface area contributed by atoms with Gasteiger partial charge in [-0.2, -0.15) is 4.98 Å². The number of hydrogen-bond donors (Lipinski definition) is 2. The van der Waals surface area contributed by atoms with E-state index >= 15 is 0 Å². The number of nitrogens with two attached hydrogens (primary N) is 1. The van der Waals surface area contributed by atoms with Crippen LogP contribution in [0.3, 0.4) is 0 Å². The first-order chi connectivity index (χ1) is 9.79. The molecular weight excluding hydrogens is 256 g/mol. The van der Waals surface area contributed by atoms with Crippen LogP contribution in [0.1, 0.15) is 5.82 Å². The average molecular weight is 272 g/mol. The van der Waals surface area contributed by atoms with Crippen LogP contribution in [0.4, 0.5) is 0 Å². The summed E-state index contributed by atoms with van der Waals surface area (Å²) in [4.78, 5) is 12.5. The van der Waals surface area contributed by atoms with E-state index in [0.717, 1.165) is 0 Å². The number of guanidine groups is 1. The normalized spacial score (nSPS) is 11.3. The lowest BCUT2D eigenvalue weighted by Gasteiger charge is -2.00. The topological polar surface area (TPSA) is 102 Å². The molecule has 7 heteroatoms. The molecule has 0 aliphatic carbocycles. The van der Waals surface area contributed by atoms with Crippen molar-refractivity contribution < 1.29 is 4.52 Å². The minimum atomic E-state index is 0.373. The molecule has 2 heterocycles. The molecule has 0 amide bonds. The second-order valence-electron chi connectivity index (χ2n) is 3.92. The Bertz CT molecular complexity index is 578. The van der Waals surface area contributed by atoms with Crippen LogP contribution in [0.25, 0.3) is 11.6 Å². The Morgan fingerprint density at radius 1 is 1.50 bits per heavy atom. The summed E-state index contributed by atoms with van der Waals surface area (Å²) in [6.07, 6.45) is 3.93. The predicted octanol–water partition coefficient (Wildman–Crippen LogP) is 0.764. The number of aromatic nitrogens is 3. The summed E-state index contributed by atoms with van der Waals surface area (Å²) in [6, 6.07) is 5.50. The summed E-state index contributed by atoms with van der Waals surface area (Å²) >= 11 is 0. The number of hydrogen-bond acceptors (Lipinski definition) is 5. The zero-order valence-corrected chi connectivity index (χ0v) is 11.0. The van der Waals surface area contributed by atoms with E-state index in [2.05, 4.69) is 32.0 Å². The number of nitrogens with zero attached hydrogens (tertiary/aromatic N) is 4. The third kappa shape index (κ3) is 3.91. The number of nitrogens with one attached hydrogen (secondary N) is 1. The van der Waals surface area contributed by atoms with Gasteiger partial charge in [0.2, 0.25) is 0 Å². The van der Waals surface area contributed by atoms with Gasteiger partial charge in [0, 0.05) is 25.7 Å². The Morgan fingerprint density at radius 2 is 2.40 bits per heavy atom. The molecule has 0 aliphatic rings. The fourth-order valence-corrected chi connectivity index (χ4v) is 1.46. The van der Waals surface area contributed by atoms with E-state index in [1.54, 1.807) is 12.3 Å². The van der Waals surface area contributed by atoms with E-state index in [-0.39, 0.29) is 0 Å². The molecule has 7 nitrogen and oxygen atoms in total. The number of rotatable bonds is 6. The van der Waals surface area contributed by atoms with Gasteiger partial charge >= 0.3 is 0 Å². The van der Waals surface area contributed by atoms with Crippen molar-refractivity contribution in [1.82, 2.24) is 20.4 Å². The molecule has 0 atom stereocenters. The molecule has 20 heavy (non-hydrogen) atoms. The molecule has 0 bridgehead atoms.